The van der Waals surface area contributed by atoms with Gasteiger partial charge in [-0.2, -0.15) is 0 Å². The molecule has 0 aliphatic carbocycles. The van der Waals surface area contributed by atoms with Gasteiger partial charge >= 0.3 is 0 Å². The van der Waals surface area contributed by atoms with Crippen LogP contribution < -0.4 is 11.1 Å². The van der Waals surface area contributed by atoms with Crippen LogP contribution in [0, 0.1) is 5.82 Å². The maximum absolute atomic E-state index is 12.6. The summed E-state index contributed by atoms with van der Waals surface area (Å²) in [6, 6.07) is 5.81. The average molecular weight is 261 g/mol. The number of rotatable bonds is 5. The lowest BCUT2D eigenvalue weighted by Crippen LogP contribution is -2.40. The van der Waals surface area contributed by atoms with E-state index in [0.29, 0.717) is 19.4 Å². The van der Waals surface area contributed by atoms with Crippen LogP contribution in [0.3, 0.4) is 0 Å². The Hall–Kier alpha value is -1.13. The highest BCUT2D eigenvalue weighted by molar-refractivity contribution is 5.85. The molecule has 0 saturated heterocycles. The lowest BCUT2D eigenvalue weighted by molar-refractivity contribution is -0.122. The number of nitrogens with one attached hydrogen (secondary N) is 1. The normalized spacial score (nSPS) is 11.5. The molecule has 0 heterocycles. The van der Waals surface area contributed by atoms with Gasteiger partial charge in [0.15, 0.2) is 0 Å². The van der Waals surface area contributed by atoms with Crippen LogP contribution in [0.1, 0.15) is 18.9 Å². The quantitative estimate of drug-likeness (QED) is 0.846. The van der Waals surface area contributed by atoms with Crippen LogP contribution in [0.4, 0.5) is 4.39 Å². The van der Waals surface area contributed by atoms with Crippen molar-refractivity contribution in [2.24, 2.45) is 5.73 Å². The van der Waals surface area contributed by atoms with Crippen molar-refractivity contribution in [3.8, 4) is 0 Å². The Labute approximate surface area is 107 Å². The van der Waals surface area contributed by atoms with Gasteiger partial charge in [0.1, 0.15) is 5.82 Å². The molecule has 0 aliphatic rings. The third kappa shape index (κ3) is 5.65. The molecular formula is C12H18ClFN2O. The van der Waals surface area contributed by atoms with Crippen molar-refractivity contribution in [3.63, 3.8) is 0 Å². The zero-order valence-electron chi connectivity index (χ0n) is 9.78. The molecule has 0 aliphatic heterocycles. The highest BCUT2D eigenvalue weighted by Crippen LogP contribution is 2.02. The molecule has 0 saturated carbocycles. The van der Waals surface area contributed by atoms with Crippen molar-refractivity contribution < 1.29 is 9.18 Å². The number of amides is 1. The van der Waals surface area contributed by atoms with Crippen molar-refractivity contribution in [1.29, 1.82) is 0 Å². The van der Waals surface area contributed by atoms with Crippen LogP contribution in [-0.2, 0) is 11.2 Å². The van der Waals surface area contributed by atoms with E-state index in [0.717, 1.165) is 5.56 Å². The van der Waals surface area contributed by atoms with E-state index >= 15 is 0 Å². The van der Waals surface area contributed by atoms with Gasteiger partial charge in [0.05, 0.1) is 6.04 Å². The Morgan fingerprint density at radius 3 is 2.53 bits per heavy atom. The first-order chi connectivity index (χ1) is 7.63. The Balaban J connectivity index is 0.00000256. The van der Waals surface area contributed by atoms with Crippen molar-refractivity contribution in [1.82, 2.24) is 5.32 Å². The topological polar surface area (TPSA) is 55.1 Å². The number of hydrogen-bond acceptors (Lipinski definition) is 2. The summed E-state index contributed by atoms with van der Waals surface area (Å²) in [6.07, 6.45) is 1.31. The van der Waals surface area contributed by atoms with Gasteiger partial charge in [0, 0.05) is 6.54 Å². The molecule has 1 amide bonds. The molecule has 17 heavy (non-hydrogen) atoms. The molecule has 0 unspecified atom stereocenters. The highest BCUT2D eigenvalue weighted by Gasteiger charge is 2.09. The monoisotopic (exact) mass is 260 g/mol. The van der Waals surface area contributed by atoms with E-state index in [-0.39, 0.29) is 24.1 Å². The van der Waals surface area contributed by atoms with E-state index in [4.69, 9.17) is 5.73 Å². The summed E-state index contributed by atoms with van der Waals surface area (Å²) < 4.78 is 12.6. The molecular weight excluding hydrogens is 243 g/mol. The zero-order valence-corrected chi connectivity index (χ0v) is 10.6. The van der Waals surface area contributed by atoms with Crippen molar-refractivity contribution in [2.75, 3.05) is 6.54 Å². The predicted molar refractivity (Wildman–Crippen MR) is 68.6 cm³/mol. The summed E-state index contributed by atoms with van der Waals surface area (Å²) in [5, 5.41) is 2.74. The number of benzene rings is 1. The molecule has 0 aromatic heterocycles. The number of nitrogens with two attached hydrogens (primary N) is 1. The van der Waals surface area contributed by atoms with E-state index in [1.807, 2.05) is 6.92 Å². The Bertz CT molecular complexity index is 343. The molecule has 3 nitrogen and oxygen atoms in total. The second-order valence-corrected chi connectivity index (χ2v) is 3.68. The molecule has 0 bridgehead atoms. The fourth-order valence-electron chi connectivity index (χ4n) is 1.30. The third-order valence-electron chi connectivity index (χ3n) is 2.40. The largest absolute Gasteiger partial charge is 0.354 e. The van der Waals surface area contributed by atoms with Gasteiger partial charge in [0.25, 0.3) is 0 Å². The third-order valence-corrected chi connectivity index (χ3v) is 2.40. The van der Waals surface area contributed by atoms with Gasteiger partial charge < -0.3 is 11.1 Å². The Morgan fingerprint density at radius 1 is 1.41 bits per heavy atom. The standard InChI is InChI=1S/C12H17FN2O.ClH/c1-2-11(14)12(16)15-8-7-9-3-5-10(13)6-4-9;/h3-6,11H,2,7-8,14H2,1H3,(H,15,16);1H/t11-;/m0./s1. The lowest BCUT2D eigenvalue weighted by Gasteiger charge is -2.09. The SMILES string of the molecule is CC[C@H](N)C(=O)NCCc1ccc(F)cc1.Cl. The molecule has 1 rings (SSSR count). The van der Waals surface area contributed by atoms with Gasteiger partial charge in [-0.05, 0) is 30.5 Å². The van der Waals surface area contributed by atoms with Crippen LogP contribution in [0.2, 0.25) is 0 Å². The summed E-state index contributed by atoms with van der Waals surface area (Å²) in [4.78, 5) is 11.3. The van der Waals surface area contributed by atoms with Crippen LogP contribution in [0.5, 0.6) is 0 Å². The molecule has 1 atom stereocenters. The van der Waals surface area contributed by atoms with Crippen LogP contribution in [0.25, 0.3) is 0 Å². The van der Waals surface area contributed by atoms with Crippen molar-refractivity contribution in [2.45, 2.75) is 25.8 Å². The van der Waals surface area contributed by atoms with Gasteiger partial charge in [0.2, 0.25) is 5.91 Å². The van der Waals surface area contributed by atoms with Crippen LogP contribution >= 0.6 is 12.4 Å². The zero-order chi connectivity index (χ0) is 12.0. The Kier molecular flexibility index (Phi) is 7.50. The Morgan fingerprint density at radius 2 is 2.00 bits per heavy atom. The second-order valence-electron chi connectivity index (χ2n) is 3.68. The molecule has 0 fully saturated rings. The predicted octanol–water partition coefficient (Wildman–Crippen LogP) is 1.64. The first kappa shape index (κ1) is 15.9. The molecule has 96 valence electrons. The minimum absolute atomic E-state index is 0. The summed E-state index contributed by atoms with van der Waals surface area (Å²) in [6.45, 7) is 2.39. The number of hydrogen-bond donors (Lipinski definition) is 2. The van der Waals surface area contributed by atoms with E-state index in [9.17, 15) is 9.18 Å². The number of carbonyl (C=O) groups excluding carboxylic acids is 1. The molecule has 5 heteroatoms. The van der Waals surface area contributed by atoms with Crippen LogP contribution in [-0.4, -0.2) is 18.5 Å². The summed E-state index contributed by atoms with van der Waals surface area (Å²) >= 11 is 0. The van der Waals surface area contributed by atoms with Gasteiger partial charge in [-0.1, -0.05) is 19.1 Å². The summed E-state index contributed by atoms with van der Waals surface area (Å²) in [7, 11) is 0. The highest BCUT2D eigenvalue weighted by atomic mass is 35.5. The minimum Gasteiger partial charge on any atom is -0.354 e. The maximum atomic E-state index is 12.6. The fourth-order valence-corrected chi connectivity index (χ4v) is 1.30. The van der Waals surface area contributed by atoms with Crippen LogP contribution in [0.15, 0.2) is 24.3 Å². The molecule has 1 aromatic rings. The van der Waals surface area contributed by atoms with Gasteiger partial charge in [-0.3, -0.25) is 4.79 Å². The first-order valence-electron chi connectivity index (χ1n) is 5.41. The fraction of sp³-hybridized carbons (Fsp3) is 0.417. The maximum Gasteiger partial charge on any atom is 0.236 e. The number of carbonyl (C=O) groups is 1. The molecule has 0 radical (unpaired) electrons. The van der Waals surface area contributed by atoms with E-state index in [1.54, 1.807) is 12.1 Å². The van der Waals surface area contributed by atoms with Gasteiger partial charge in [-0.15, -0.1) is 12.4 Å². The van der Waals surface area contributed by atoms with Crippen molar-refractivity contribution in [3.05, 3.63) is 35.6 Å². The average Bonchev–Trinajstić information content (AvgIpc) is 2.30. The first-order valence-corrected chi connectivity index (χ1v) is 5.41. The molecule has 1 aromatic carbocycles. The van der Waals surface area contributed by atoms with E-state index in [1.165, 1.54) is 12.1 Å². The smallest absolute Gasteiger partial charge is 0.236 e. The van der Waals surface area contributed by atoms with E-state index < -0.39 is 6.04 Å². The summed E-state index contributed by atoms with van der Waals surface area (Å²) in [5.74, 6) is -0.384. The van der Waals surface area contributed by atoms with E-state index in [2.05, 4.69) is 5.32 Å². The number of halogens is 2. The lowest BCUT2D eigenvalue weighted by atomic mass is 10.1. The molecule has 0 spiro atoms. The second kappa shape index (κ2) is 8.03. The van der Waals surface area contributed by atoms with Crippen molar-refractivity contribution >= 4 is 18.3 Å². The molecule has 3 N–H and O–H groups in total. The minimum atomic E-state index is -0.437. The summed E-state index contributed by atoms with van der Waals surface area (Å²) in [5.41, 5.74) is 6.55. The van der Waals surface area contributed by atoms with Gasteiger partial charge in [-0.25, -0.2) is 4.39 Å².